The molecule has 1 fully saturated rings. The molecule has 0 amide bonds. The van der Waals surface area contributed by atoms with Crippen LogP contribution in [-0.2, 0) is 9.47 Å². The molecule has 3 aliphatic rings. The lowest BCUT2D eigenvalue weighted by Crippen LogP contribution is -2.60. The highest BCUT2D eigenvalue weighted by Gasteiger charge is 2.47. The lowest BCUT2D eigenvalue weighted by molar-refractivity contribution is -0.320. The second-order valence-corrected chi connectivity index (χ2v) is 8.27. The molecule has 0 radical (unpaired) electrons. The minimum absolute atomic E-state index is 0.0710. The van der Waals surface area contributed by atoms with Crippen LogP contribution in [0, 0.1) is 11.8 Å². The van der Waals surface area contributed by atoms with Gasteiger partial charge in [-0.15, -0.1) is 0 Å². The third-order valence-electron chi connectivity index (χ3n) is 6.43. The summed E-state index contributed by atoms with van der Waals surface area (Å²) in [5, 5.41) is 50.1. The molecule has 0 bridgehead atoms. The Labute approximate surface area is 159 Å². The number of allylic oxidation sites excluding steroid dienone is 1. The Morgan fingerprint density at radius 1 is 1.15 bits per heavy atom. The molecule has 0 aromatic carbocycles. The number of ether oxygens (including phenoxy) is 2. The lowest BCUT2D eigenvalue weighted by Gasteiger charge is -2.45. The quantitative estimate of drug-likeness (QED) is 0.441. The summed E-state index contributed by atoms with van der Waals surface area (Å²) in [5.74, 6) is 0.354. The Kier molecular flexibility index (Phi) is 6.42. The van der Waals surface area contributed by atoms with Gasteiger partial charge in [0.05, 0.1) is 18.8 Å². The van der Waals surface area contributed by atoms with E-state index in [1.165, 1.54) is 11.1 Å². The Morgan fingerprint density at radius 3 is 2.48 bits per heavy atom. The summed E-state index contributed by atoms with van der Waals surface area (Å²) in [7, 11) is 0. The Balaban J connectivity index is 1.75. The van der Waals surface area contributed by atoms with Crippen LogP contribution in [0.2, 0.25) is 0 Å². The van der Waals surface area contributed by atoms with E-state index in [0.717, 1.165) is 24.8 Å². The highest BCUT2D eigenvalue weighted by atomic mass is 16.7. The normalized spacial score (nSPS) is 45.5. The fourth-order valence-corrected chi connectivity index (χ4v) is 4.63. The van der Waals surface area contributed by atoms with Crippen LogP contribution in [-0.4, -0.2) is 75.1 Å². The van der Waals surface area contributed by atoms with Crippen LogP contribution in [0.4, 0.5) is 0 Å². The van der Waals surface area contributed by atoms with Gasteiger partial charge in [0.2, 0.25) is 0 Å². The highest BCUT2D eigenvalue weighted by Crippen LogP contribution is 2.44. The van der Waals surface area contributed by atoms with Gasteiger partial charge in [-0.3, -0.25) is 0 Å². The van der Waals surface area contributed by atoms with Gasteiger partial charge in [0.25, 0.3) is 0 Å². The summed E-state index contributed by atoms with van der Waals surface area (Å²) in [6.07, 6.45) is -4.58. The highest BCUT2D eigenvalue weighted by molar-refractivity contribution is 5.28. The third-order valence-corrected chi connectivity index (χ3v) is 6.43. The van der Waals surface area contributed by atoms with Gasteiger partial charge in [-0.1, -0.05) is 30.2 Å². The third kappa shape index (κ3) is 4.00. The summed E-state index contributed by atoms with van der Waals surface area (Å²) in [6.45, 7) is 7.61. The molecular weight excluding hydrogens is 352 g/mol. The van der Waals surface area contributed by atoms with Gasteiger partial charge in [0.15, 0.2) is 6.29 Å². The summed E-state index contributed by atoms with van der Waals surface area (Å²) in [6, 6.07) is 0. The van der Waals surface area contributed by atoms with E-state index in [2.05, 4.69) is 6.58 Å². The van der Waals surface area contributed by atoms with Gasteiger partial charge in [-0.2, -0.15) is 0 Å². The zero-order chi connectivity index (χ0) is 19.9. The summed E-state index contributed by atoms with van der Waals surface area (Å²) >= 11 is 0. The van der Waals surface area contributed by atoms with Crippen molar-refractivity contribution in [2.24, 2.45) is 11.8 Å². The first-order chi connectivity index (χ1) is 12.7. The molecule has 1 aliphatic heterocycles. The standard InChI is InChI=1S/C20H32O7/c1-9(2)11-4-5-12-7-14(22)19(10(3)13(12)6-11)27-20-18(25)17(24)16(23)15(8-21)26-20/h10-11,14-25H,1,4-8H2,2-3H3/t10-,11+,14+,15+,16+,17-,18+,19+,20-/m0/s1. The second-order valence-electron chi connectivity index (χ2n) is 8.27. The van der Waals surface area contributed by atoms with Crippen molar-refractivity contribution in [2.75, 3.05) is 6.61 Å². The first-order valence-electron chi connectivity index (χ1n) is 9.74. The molecule has 3 rings (SSSR count). The molecule has 0 aromatic rings. The Hall–Kier alpha value is -0.800. The second kappa shape index (κ2) is 8.29. The van der Waals surface area contributed by atoms with Crippen LogP contribution in [0.1, 0.15) is 39.5 Å². The van der Waals surface area contributed by atoms with Crippen molar-refractivity contribution in [3.05, 3.63) is 23.3 Å². The van der Waals surface area contributed by atoms with Gasteiger partial charge in [-0.25, -0.2) is 0 Å². The first kappa shape index (κ1) is 20.9. The largest absolute Gasteiger partial charge is 0.394 e. The van der Waals surface area contributed by atoms with E-state index in [1.807, 2.05) is 13.8 Å². The van der Waals surface area contributed by atoms with Crippen LogP contribution >= 0.6 is 0 Å². The Bertz CT molecular complexity index is 587. The molecule has 1 heterocycles. The molecule has 0 aromatic heterocycles. The van der Waals surface area contributed by atoms with Crippen LogP contribution in [0.3, 0.4) is 0 Å². The van der Waals surface area contributed by atoms with E-state index in [9.17, 15) is 25.5 Å². The maximum Gasteiger partial charge on any atom is 0.187 e. The summed E-state index contributed by atoms with van der Waals surface area (Å²) in [4.78, 5) is 0. The van der Waals surface area contributed by atoms with Gasteiger partial charge >= 0.3 is 0 Å². The molecule has 0 saturated carbocycles. The first-order valence-corrected chi connectivity index (χ1v) is 9.74. The molecule has 9 atom stereocenters. The van der Waals surface area contributed by atoms with E-state index >= 15 is 0 Å². The van der Waals surface area contributed by atoms with Gasteiger partial charge in [-0.05, 0) is 38.5 Å². The van der Waals surface area contributed by atoms with Crippen molar-refractivity contribution in [2.45, 2.75) is 82.4 Å². The predicted molar refractivity (Wildman–Crippen MR) is 97.6 cm³/mol. The number of hydrogen-bond donors (Lipinski definition) is 5. The molecule has 7 nitrogen and oxygen atoms in total. The number of aliphatic hydroxyl groups is 5. The molecule has 1 saturated heterocycles. The van der Waals surface area contributed by atoms with Crippen molar-refractivity contribution in [3.63, 3.8) is 0 Å². The summed E-state index contributed by atoms with van der Waals surface area (Å²) in [5.41, 5.74) is 3.71. The van der Waals surface area contributed by atoms with Crippen molar-refractivity contribution < 1.29 is 35.0 Å². The monoisotopic (exact) mass is 384 g/mol. The fourth-order valence-electron chi connectivity index (χ4n) is 4.63. The van der Waals surface area contributed by atoms with E-state index in [4.69, 9.17) is 9.47 Å². The molecule has 27 heavy (non-hydrogen) atoms. The zero-order valence-corrected chi connectivity index (χ0v) is 16.0. The van der Waals surface area contributed by atoms with Gasteiger partial charge in [0.1, 0.15) is 24.4 Å². The Morgan fingerprint density at radius 2 is 1.85 bits per heavy atom. The van der Waals surface area contributed by atoms with Crippen LogP contribution < -0.4 is 0 Å². The minimum Gasteiger partial charge on any atom is -0.394 e. The minimum atomic E-state index is -1.49. The molecule has 7 heteroatoms. The van der Waals surface area contributed by atoms with Crippen LogP contribution in [0.15, 0.2) is 23.3 Å². The molecule has 0 unspecified atom stereocenters. The fraction of sp³-hybridized carbons (Fsp3) is 0.800. The lowest BCUT2D eigenvalue weighted by atomic mass is 9.70. The number of rotatable bonds is 4. The van der Waals surface area contributed by atoms with Gasteiger partial charge < -0.3 is 35.0 Å². The molecular formula is C20H32O7. The maximum absolute atomic E-state index is 10.6. The van der Waals surface area contributed by atoms with Crippen molar-refractivity contribution >= 4 is 0 Å². The average Bonchev–Trinajstić information content (AvgIpc) is 2.64. The van der Waals surface area contributed by atoms with E-state index in [1.54, 1.807) is 0 Å². The van der Waals surface area contributed by atoms with Gasteiger partial charge in [0, 0.05) is 5.92 Å². The smallest absolute Gasteiger partial charge is 0.187 e. The topological polar surface area (TPSA) is 120 Å². The molecule has 5 N–H and O–H groups in total. The van der Waals surface area contributed by atoms with Crippen LogP contribution in [0.25, 0.3) is 0 Å². The number of hydrogen-bond acceptors (Lipinski definition) is 7. The van der Waals surface area contributed by atoms with Crippen LogP contribution in [0.5, 0.6) is 0 Å². The molecule has 2 aliphatic carbocycles. The van der Waals surface area contributed by atoms with Crippen molar-refractivity contribution in [1.82, 2.24) is 0 Å². The maximum atomic E-state index is 10.6. The predicted octanol–water partition coefficient (Wildman–Crippen LogP) is 0.245. The molecule has 0 spiro atoms. The van der Waals surface area contributed by atoms with Crippen molar-refractivity contribution in [1.29, 1.82) is 0 Å². The average molecular weight is 384 g/mol. The SMILES string of the molecule is C=C(C)[C@@H]1CCC2=C(C1)[C@H](C)[C@@H](O[C@@H]1O[C@H](CO)[C@@H](O)[C@H](O)[C@H]1O)[C@H](O)C2. The van der Waals surface area contributed by atoms with E-state index in [-0.39, 0.29) is 5.92 Å². The van der Waals surface area contributed by atoms with E-state index < -0.39 is 49.5 Å². The van der Waals surface area contributed by atoms with E-state index in [0.29, 0.717) is 12.3 Å². The van der Waals surface area contributed by atoms with Crippen molar-refractivity contribution in [3.8, 4) is 0 Å². The zero-order valence-electron chi connectivity index (χ0n) is 16.0. The molecule has 154 valence electrons. The summed E-state index contributed by atoms with van der Waals surface area (Å²) < 4.78 is 11.4. The number of aliphatic hydroxyl groups excluding tert-OH is 5.